The zero-order chi connectivity index (χ0) is 17.5. The van der Waals surface area contributed by atoms with Gasteiger partial charge in [-0.3, -0.25) is 9.59 Å². The molecule has 1 atom stereocenters. The molecule has 132 valence electrons. The number of hydrogen-bond acceptors (Lipinski definition) is 3. The van der Waals surface area contributed by atoms with E-state index in [1.165, 1.54) is 43.9 Å². The summed E-state index contributed by atoms with van der Waals surface area (Å²) >= 11 is 1.21. The van der Waals surface area contributed by atoms with Crippen molar-refractivity contribution in [1.29, 1.82) is 0 Å². The molecule has 0 spiro atoms. The van der Waals surface area contributed by atoms with Crippen molar-refractivity contribution in [2.24, 2.45) is 11.8 Å². The molecule has 1 unspecified atom stereocenters. The van der Waals surface area contributed by atoms with Gasteiger partial charge in [-0.05, 0) is 43.7 Å². The minimum atomic E-state index is -0.872. The molecular weight excluding hydrogens is 322 g/mol. The topological polar surface area (TPSA) is 66.4 Å². The second kappa shape index (κ2) is 9.11. The van der Waals surface area contributed by atoms with Gasteiger partial charge in [0.25, 0.3) is 5.91 Å². The van der Waals surface area contributed by atoms with Gasteiger partial charge in [0, 0.05) is 11.4 Å². The van der Waals surface area contributed by atoms with Crippen LogP contribution >= 0.6 is 11.8 Å². The van der Waals surface area contributed by atoms with Gasteiger partial charge in [0.15, 0.2) is 0 Å². The minimum absolute atomic E-state index is 0.103. The number of amides is 1. The van der Waals surface area contributed by atoms with Crippen LogP contribution < -0.4 is 5.32 Å². The number of benzene rings is 1. The first kappa shape index (κ1) is 18.8. The maximum absolute atomic E-state index is 12.5. The van der Waals surface area contributed by atoms with E-state index in [4.69, 9.17) is 5.11 Å². The third-order valence-corrected chi connectivity index (χ3v) is 6.04. The first-order chi connectivity index (χ1) is 11.5. The molecule has 24 heavy (non-hydrogen) atoms. The van der Waals surface area contributed by atoms with Crippen molar-refractivity contribution in [2.75, 3.05) is 6.54 Å². The average molecular weight is 349 g/mol. The molecule has 1 amide bonds. The summed E-state index contributed by atoms with van der Waals surface area (Å²) < 4.78 is 0. The van der Waals surface area contributed by atoms with Crippen LogP contribution in [0.1, 0.15) is 56.3 Å². The Bertz CT molecular complexity index is 567. The maximum Gasteiger partial charge on any atom is 0.316 e. The largest absolute Gasteiger partial charge is 0.480 e. The van der Waals surface area contributed by atoms with Crippen molar-refractivity contribution >= 4 is 23.6 Å². The fourth-order valence-electron chi connectivity index (χ4n) is 3.17. The number of nitrogens with one attached hydrogen (secondary N) is 1. The van der Waals surface area contributed by atoms with Gasteiger partial charge in [0.2, 0.25) is 0 Å². The van der Waals surface area contributed by atoms with Crippen LogP contribution in [0.2, 0.25) is 0 Å². The molecule has 0 saturated heterocycles. The van der Waals surface area contributed by atoms with E-state index in [2.05, 4.69) is 12.2 Å². The number of rotatable bonds is 7. The monoisotopic (exact) mass is 349 g/mol. The Kier molecular flexibility index (Phi) is 7.16. The zero-order valence-corrected chi connectivity index (χ0v) is 15.3. The number of carboxylic acid groups (broad SMARTS) is 1. The Hall–Kier alpha value is -1.49. The van der Waals surface area contributed by atoms with Crippen molar-refractivity contribution in [1.82, 2.24) is 5.32 Å². The predicted octanol–water partition coefficient (Wildman–Crippen LogP) is 4.20. The molecule has 2 rings (SSSR count). The molecule has 0 bridgehead atoms. The Balaban J connectivity index is 1.91. The summed E-state index contributed by atoms with van der Waals surface area (Å²) in [4.78, 5) is 24.3. The van der Waals surface area contributed by atoms with Crippen LogP contribution in [0, 0.1) is 11.8 Å². The van der Waals surface area contributed by atoms with Crippen molar-refractivity contribution in [3.05, 3.63) is 29.8 Å². The Labute approximate surface area is 148 Å². The van der Waals surface area contributed by atoms with Crippen LogP contribution in [0.25, 0.3) is 0 Å². The van der Waals surface area contributed by atoms with Crippen LogP contribution in [0.15, 0.2) is 29.2 Å². The molecule has 0 aromatic heterocycles. The van der Waals surface area contributed by atoms with E-state index < -0.39 is 11.2 Å². The molecule has 1 fully saturated rings. The molecule has 4 nitrogen and oxygen atoms in total. The van der Waals surface area contributed by atoms with E-state index in [0.717, 1.165) is 10.8 Å². The van der Waals surface area contributed by atoms with Crippen LogP contribution in [0.4, 0.5) is 0 Å². The Morgan fingerprint density at radius 2 is 1.83 bits per heavy atom. The van der Waals surface area contributed by atoms with E-state index >= 15 is 0 Å². The molecule has 1 aromatic carbocycles. The number of aliphatic carboxylic acids is 1. The lowest BCUT2D eigenvalue weighted by Gasteiger charge is -2.27. The molecule has 5 heteroatoms. The first-order valence-electron chi connectivity index (χ1n) is 8.78. The van der Waals surface area contributed by atoms with E-state index in [1.807, 2.05) is 18.2 Å². The summed E-state index contributed by atoms with van der Waals surface area (Å²) in [5.74, 6) is 0.442. The van der Waals surface area contributed by atoms with Crippen LogP contribution in [0.3, 0.4) is 0 Å². The number of carboxylic acids is 1. The number of carbonyl (C=O) groups is 2. The molecule has 1 aromatic rings. The molecule has 0 heterocycles. The van der Waals surface area contributed by atoms with Gasteiger partial charge < -0.3 is 10.4 Å². The van der Waals surface area contributed by atoms with Crippen LogP contribution in [0.5, 0.6) is 0 Å². The van der Waals surface area contributed by atoms with Crippen LogP contribution in [-0.4, -0.2) is 28.8 Å². The van der Waals surface area contributed by atoms with E-state index in [-0.39, 0.29) is 5.91 Å². The van der Waals surface area contributed by atoms with Crippen molar-refractivity contribution in [3.63, 3.8) is 0 Å². The van der Waals surface area contributed by atoms with Gasteiger partial charge in [-0.15, -0.1) is 11.8 Å². The number of hydrogen-bond donors (Lipinski definition) is 2. The standard InChI is InChI=1S/C19H27NO3S/c1-3-14-8-10-15(11-9-14)12-20-18(21)16-6-4-5-7-17(16)24-13(2)19(22)23/h4-7,13-15H,3,8-12H2,1-2H3,(H,20,21)(H,22,23). The quantitative estimate of drug-likeness (QED) is 0.724. The van der Waals surface area contributed by atoms with Crippen molar-refractivity contribution in [2.45, 2.75) is 56.1 Å². The maximum atomic E-state index is 12.5. The second-order valence-electron chi connectivity index (χ2n) is 6.60. The minimum Gasteiger partial charge on any atom is -0.480 e. The van der Waals surface area contributed by atoms with Crippen molar-refractivity contribution in [3.8, 4) is 0 Å². The summed E-state index contributed by atoms with van der Waals surface area (Å²) in [5, 5.41) is 11.5. The van der Waals surface area contributed by atoms with Crippen LogP contribution in [-0.2, 0) is 4.79 Å². The summed E-state index contributed by atoms with van der Waals surface area (Å²) in [5.41, 5.74) is 0.567. The summed E-state index contributed by atoms with van der Waals surface area (Å²) in [6, 6.07) is 7.22. The third-order valence-electron chi connectivity index (χ3n) is 4.88. The van der Waals surface area contributed by atoms with E-state index in [9.17, 15) is 9.59 Å². The Morgan fingerprint density at radius 1 is 1.21 bits per heavy atom. The summed E-state index contributed by atoms with van der Waals surface area (Å²) in [7, 11) is 0. The average Bonchev–Trinajstić information content (AvgIpc) is 2.60. The number of thioether (sulfide) groups is 1. The van der Waals surface area contributed by atoms with E-state index in [0.29, 0.717) is 18.0 Å². The molecule has 0 radical (unpaired) electrons. The fourth-order valence-corrected chi connectivity index (χ4v) is 4.10. The lowest BCUT2D eigenvalue weighted by molar-refractivity contribution is -0.136. The molecule has 1 aliphatic carbocycles. The van der Waals surface area contributed by atoms with Gasteiger partial charge in [0.05, 0.1) is 5.56 Å². The van der Waals surface area contributed by atoms with Gasteiger partial charge in [-0.2, -0.15) is 0 Å². The zero-order valence-electron chi connectivity index (χ0n) is 14.5. The van der Waals surface area contributed by atoms with Gasteiger partial charge in [0.1, 0.15) is 5.25 Å². The lowest BCUT2D eigenvalue weighted by Crippen LogP contribution is -2.31. The fraction of sp³-hybridized carbons (Fsp3) is 0.579. The normalized spacial score (nSPS) is 21.9. The molecule has 1 aliphatic rings. The predicted molar refractivity (Wildman–Crippen MR) is 97.5 cm³/mol. The van der Waals surface area contributed by atoms with E-state index in [1.54, 1.807) is 13.0 Å². The van der Waals surface area contributed by atoms with Gasteiger partial charge in [-0.1, -0.05) is 38.3 Å². The first-order valence-corrected chi connectivity index (χ1v) is 9.65. The molecule has 1 saturated carbocycles. The summed E-state index contributed by atoms with van der Waals surface area (Å²) in [6.07, 6.45) is 6.15. The van der Waals surface area contributed by atoms with Gasteiger partial charge in [-0.25, -0.2) is 0 Å². The second-order valence-corrected chi connectivity index (χ2v) is 7.98. The highest BCUT2D eigenvalue weighted by Crippen LogP contribution is 2.30. The Morgan fingerprint density at radius 3 is 2.46 bits per heavy atom. The SMILES string of the molecule is CCC1CCC(CNC(=O)c2ccccc2SC(C)C(=O)O)CC1. The van der Waals surface area contributed by atoms with Crippen molar-refractivity contribution < 1.29 is 14.7 Å². The lowest BCUT2D eigenvalue weighted by atomic mass is 9.81. The highest BCUT2D eigenvalue weighted by atomic mass is 32.2. The van der Waals surface area contributed by atoms with Gasteiger partial charge >= 0.3 is 5.97 Å². The molecule has 2 N–H and O–H groups in total. The highest BCUT2D eigenvalue weighted by molar-refractivity contribution is 8.00. The number of carbonyl (C=O) groups excluding carboxylic acids is 1. The smallest absolute Gasteiger partial charge is 0.316 e. The molecular formula is C19H27NO3S. The highest BCUT2D eigenvalue weighted by Gasteiger charge is 2.22. The molecule has 0 aliphatic heterocycles. The summed E-state index contributed by atoms with van der Waals surface area (Å²) in [6.45, 7) is 4.59. The third kappa shape index (κ3) is 5.26.